The Morgan fingerprint density at radius 1 is 1.04 bits per heavy atom. The van der Waals surface area contributed by atoms with Gasteiger partial charge in [0.05, 0.1) is 28.8 Å². The number of non-ortho nitro benzene ring substituents is 1. The van der Waals surface area contributed by atoms with E-state index in [1.807, 2.05) is 0 Å². The largest absolute Gasteiger partial charge is 0.504 e. The fraction of sp³-hybridized carbons (Fsp3) is 0.0588. The number of benzene rings is 3. The third kappa shape index (κ3) is 2.87. The zero-order valence-electron chi connectivity index (χ0n) is 12.7. The van der Waals surface area contributed by atoms with Crippen molar-refractivity contribution in [1.82, 2.24) is 0 Å². The van der Waals surface area contributed by atoms with E-state index in [9.17, 15) is 15.2 Å². The summed E-state index contributed by atoms with van der Waals surface area (Å²) in [6.45, 7) is 0. The zero-order valence-corrected chi connectivity index (χ0v) is 12.7. The predicted molar refractivity (Wildman–Crippen MR) is 89.4 cm³/mol. The quantitative estimate of drug-likeness (QED) is 0.420. The topological polar surface area (TPSA) is 97.3 Å². The monoisotopic (exact) mass is 323 g/mol. The predicted octanol–water partition coefficient (Wildman–Crippen LogP) is 4.88. The van der Waals surface area contributed by atoms with Crippen LogP contribution in [0.5, 0.6) is 11.5 Å². The van der Waals surface area contributed by atoms with Crippen molar-refractivity contribution in [3.8, 4) is 11.5 Å². The van der Waals surface area contributed by atoms with Gasteiger partial charge in [0.15, 0.2) is 11.5 Å². The van der Waals surface area contributed by atoms with Crippen LogP contribution in [0.1, 0.15) is 0 Å². The van der Waals surface area contributed by atoms with Gasteiger partial charge in [-0.1, -0.05) is 18.2 Å². The zero-order chi connectivity index (χ0) is 17.1. The molecule has 120 valence electrons. The van der Waals surface area contributed by atoms with Gasteiger partial charge in [0.25, 0.3) is 5.69 Å². The number of nitro groups is 1. The Bertz CT molecular complexity index is 954. The molecule has 0 aliphatic carbocycles. The molecule has 7 nitrogen and oxygen atoms in total. The summed E-state index contributed by atoms with van der Waals surface area (Å²) in [5.41, 5.74) is 1.03. The summed E-state index contributed by atoms with van der Waals surface area (Å²) in [5, 5.41) is 30.1. The summed E-state index contributed by atoms with van der Waals surface area (Å²) in [6.07, 6.45) is 0. The average Bonchev–Trinajstić information content (AvgIpc) is 2.60. The van der Waals surface area contributed by atoms with E-state index in [-0.39, 0.29) is 11.4 Å². The lowest BCUT2D eigenvalue weighted by Gasteiger charge is -2.04. The van der Waals surface area contributed by atoms with Crippen LogP contribution in [0.15, 0.2) is 64.8 Å². The van der Waals surface area contributed by atoms with Gasteiger partial charge in [-0.3, -0.25) is 10.1 Å². The highest BCUT2D eigenvalue weighted by atomic mass is 16.6. The van der Waals surface area contributed by atoms with Gasteiger partial charge < -0.3 is 9.84 Å². The second kappa shape index (κ2) is 6.33. The second-order valence-electron chi connectivity index (χ2n) is 4.96. The van der Waals surface area contributed by atoms with Crippen LogP contribution in [0.3, 0.4) is 0 Å². The molecule has 3 rings (SSSR count). The van der Waals surface area contributed by atoms with Crippen molar-refractivity contribution in [2.45, 2.75) is 0 Å². The van der Waals surface area contributed by atoms with Crippen molar-refractivity contribution in [3.63, 3.8) is 0 Å². The first kappa shape index (κ1) is 15.4. The highest BCUT2D eigenvalue weighted by Gasteiger charge is 2.13. The molecule has 0 heterocycles. The number of phenols is 1. The molecular formula is C17H13N3O4. The third-order valence-electron chi connectivity index (χ3n) is 3.51. The lowest BCUT2D eigenvalue weighted by molar-refractivity contribution is -0.383. The summed E-state index contributed by atoms with van der Waals surface area (Å²) in [5.74, 6) is 0.303. The normalized spacial score (nSPS) is 11.0. The van der Waals surface area contributed by atoms with Crippen LogP contribution in [0.4, 0.5) is 17.1 Å². The summed E-state index contributed by atoms with van der Waals surface area (Å²) < 4.78 is 5.02. The van der Waals surface area contributed by atoms with Crippen molar-refractivity contribution in [3.05, 3.63) is 64.7 Å². The maximum Gasteiger partial charge on any atom is 0.277 e. The summed E-state index contributed by atoms with van der Waals surface area (Å²) in [4.78, 5) is 10.7. The van der Waals surface area contributed by atoms with Crippen LogP contribution in [-0.4, -0.2) is 17.1 Å². The molecule has 0 saturated carbocycles. The number of aromatic hydroxyl groups is 1. The Balaban J connectivity index is 2.05. The molecule has 0 aliphatic heterocycles. The summed E-state index contributed by atoms with van der Waals surface area (Å²) in [7, 11) is 1.44. The SMILES string of the molecule is COc1cc(N=Nc2ccc([N+](=O)[O-])c3ccccc23)ccc1O. The van der Waals surface area contributed by atoms with Crippen LogP contribution in [0.25, 0.3) is 10.8 Å². The third-order valence-corrected chi connectivity index (χ3v) is 3.51. The number of methoxy groups -OCH3 is 1. The van der Waals surface area contributed by atoms with Gasteiger partial charge in [-0.25, -0.2) is 0 Å². The number of rotatable bonds is 4. The standard InChI is InChI=1S/C17H13N3O4/c1-24-17-10-11(6-9-16(17)21)18-19-14-7-8-15(20(22)23)13-5-3-2-4-12(13)14/h2-10,21H,1H3. The molecule has 7 heteroatoms. The Kier molecular flexibility index (Phi) is 4.07. The van der Waals surface area contributed by atoms with Crippen LogP contribution in [-0.2, 0) is 0 Å². The van der Waals surface area contributed by atoms with Crippen molar-refractivity contribution in [2.24, 2.45) is 10.2 Å². The van der Waals surface area contributed by atoms with Gasteiger partial charge in [0, 0.05) is 17.5 Å². The number of phenolic OH excluding ortho intramolecular Hbond substituents is 1. The summed E-state index contributed by atoms with van der Waals surface area (Å²) >= 11 is 0. The number of nitrogens with zero attached hydrogens (tertiary/aromatic N) is 3. The lowest BCUT2D eigenvalue weighted by Crippen LogP contribution is -1.89. The van der Waals surface area contributed by atoms with E-state index < -0.39 is 4.92 Å². The minimum atomic E-state index is -0.423. The molecule has 1 N–H and O–H groups in total. The average molecular weight is 323 g/mol. The Morgan fingerprint density at radius 3 is 2.50 bits per heavy atom. The molecular weight excluding hydrogens is 310 g/mol. The van der Waals surface area contributed by atoms with E-state index >= 15 is 0 Å². The maximum absolute atomic E-state index is 11.1. The lowest BCUT2D eigenvalue weighted by atomic mass is 10.1. The van der Waals surface area contributed by atoms with E-state index in [0.29, 0.717) is 27.9 Å². The van der Waals surface area contributed by atoms with Gasteiger partial charge in [-0.05, 0) is 24.3 Å². The van der Waals surface area contributed by atoms with Gasteiger partial charge in [0.2, 0.25) is 0 Å². The maximum atomic E-state index is 11.1. The Hall–Kier alpha value is -3.48. The number of ether oxygens (including phenoxy) is 1. The van der Waals surface area contributed by atoms with Crippen LogP contribution >= 0.6 is 0 Å². The number of fused-ring (bicyclic) bond motifs is 1. The van der Waals surface area contributed by atoms with Crippen molar-refractivity contribution in [1.29, 1.82) is 0 Å². The molecule has 3 aromatic rings. The minimum absolute atomic E-state index is 0.0113. The molecule has 0 spiro atoms. The second-order valence-corrected chi connectivity index (χ2v) is 4.96. The van der Waals surface area contributed by atoms with Crippen molar-refractivity contribution in [2.75, 3.05) is 7.11 Å². The van der Waals surface area contributed by atoms with Gasteiger partial charge in [-0.2, -0.15) is 5.11 Å². The van der Waals surface area contributed by atoms with E-state index in [4.69, 9.17) is 4.74 Å². The number of azo groups is 1. The van der Waals surface area contributed by atoms with Gasteiger partial charge in [-0.15, -0.1) is 5.11 Å². The van der Waals surface area contributed by atoms with Gasteiger partial charge in [0.1, 0.15) is 0 Å². The molecule has 0 aromatic heterocycles. The minimum Gasteiger partial charge on any atom is -0.504 e. The first-order valence-electron chi connectivity index (χ1n) is 7.05. The smallest absolute Gasteiger partial charge is 0.277 e. The molecule has 0 radical (unpaired) electrons. The number of nitro benzene ring substituents is 1. The molecule has 3 aromatic carbocycles. The first-order chi connectivity index (χ1) is 11.6. The van der Waals surface area contributed by atoms with Crippen LogP contribution < -0.4 is 4.74 Å². The molecule has 0 bridgehead atoms. The molecule has 0 amide bonds. The summed E-state index contributed by atoms with van der Waals surface area (Å²) in [6, 6.07) is 14.5. The Labute approximate surface area is 137 Å². The Morgan fingerprint density at radius 2 is 1.79 bits per heavy atom. The molecule has 0 saturated heterocycles. The molecule has 0 aliphatic rings. The molecule has 0 fully saturated rings. The van der Waals surface area contributed by atoms with E-state index in [2.05, 4.69) is 10.2 Å². The van der Waals surface area contributed by atoms with E-state index in [0.717, 1.165) is 0 Å². The fourth-order valence-corrected chi connectivity index (χ4v) is 2.35. The fourth-order valence-electron chi connectivity index (χ4n) is 2.35. The number of hydrogen-bond acceptors (Lipinski definition) is 6. The van der Waals surface area contributed by atoms with Crippen molar-refractivity contribution >= 4 is 27.8 Å². The molecule has 24 heavy (non-hydrogen) atoms. The van der Waals surface area contributed by atoms with Crippen LogP contribution in [0, 0.1) is 10.1 Å². The van der Waals surface area contributed by atoms with E-state index in [1.165, 1.54) is 19.2 Å². The highest BCUT2D eigenvalue weighted by Crippen LogP contribution is 2.35. The number of hydrogen-bond donors (Lipinski definition) is 1. The molecule has 0 atom stereocenters. The van der Waals surface area contributed by atoms with Gasteiger partial charge >= 0.3 is 0 Å². The van der Waals surface area contributed by atoms with Crippen molar-refractivity contribution < 1.29 is 14.8 Å². The highest BCUT2D eigenvalue weighted by molar-refractivity contribution is 5.98. The van der Waals surface area contributed by atoms with Crippen LogP contribution in [0.2, 0.25) is 0 Å². The molecule has 0 unspecified atom stereocenters. The van der Waals surface area contributed by atoms with E-state index in [1.54, 1.807) is 42.5 Å². The first-order valence-corrected chi connectivity index (χ1v) is 7.05.